The molecule has 5 heteroatoms. The summed E-state index contributed by atoms with van der Waals surface area (Å²) in [6, 6.07) is 9.13. The topological polar surface area (TPSA) is 36.3 Å². The van der Waals surface area contributed by atoms with Gasteiger partial charge in [0.15, 0.2) is 0 Å². The monoisotopic (exact) mass is 271 g/mol. The maximum absolute atomic E-state index is 4.80. The molecule has 2 saturated heterocycles. The van der Waals surface area contributed by atoms with Crippen LogP contribution in [0.25, 0.3) is 11.0 Å². The summed E-state index contributed by atoms with van der Waals surface area (Å²) in [5.41, 5.74) is 2.31. The summed E-state index contributed by atoms with van der Waals surface area (Å²) in [5.74, 6) is 1.11. The van der Waals surface area contributed by atoms with Gasteiger partial charge in [-0.15, -0.1) is 0 Å². The van der Waals surface area contributed by atoms with E-state index in [1.807, 2.05) is 0 Å². The number of piperazine rings is 1. The molecular weight excluding hydrogens is 250 g/mol. The molecule has 2 aliphatic heterocycles. The molecule has 20 heavy (non-hydrogen) atoms. The number of anilines is 1. The van der Waals surface area contributed by atoms with Gasteiger partial charge in [-0.3, -0.25) is 4.90 Å². The number of aromatic nitrogens is 2. The Morgan fingerprint density at radius 3 is 2.50 bits per heavy atom. The highest BCUT2D eigenvalue weighted by molar-refractivity contribution is 5.78. The maximum atomic E-state index is 4.80. The Morgan fingerprint density at radius 2 is 1.85 bits per heavy atom. The quantitative estimate of drug-likeness (QED) is 0.871. The number of imidazole rings is 1. The number of aryl methyl sites for hydroxylation is 1. The molecule has 0 atom stereocenters. The van der Waals surface area contributed by atoms with Crippen LogP contribution in [0, 0.1) is 0 Å². The zero-order chi connectivity index (χ0) is 13.5. The molecule has 2 aliphatic rings. The molecule has 4 rings (SSSR count). The van der Waals surface area contributed by atoms with E-state index in [0.717, 1.165) is 56.8 Å². The van der Waals surface area contributed by atoms with Gasteiger partial charge in [0.1, 0.15) is 0 Å². The number of nitrogens with one attached hydrogen (secondary N) is 1. The van der Waals surface area contributed by atoms with Gasteiger partial charge in [0.25, 0.3) is 0 Å². The summed E-state index contributed by atoms with van der Waals surface area (Å²) in [7, 11) is 2.12. The van der Waals surface area contributed by atoms with Gasteiger partial charge in [-0.25, -0.2) is 4.98 Å². The van der Waals surface area contributed by atoms with Crippen LogP contribution >= 0.6 is 0 Å². The average molecular weight is 271 g/mol. The first-order valence-electron chi connectivity index (χ1n) is 7.44. The van der Waals surface area contributed by atoms with Crippen molar-refractivity contribution in [2.24, 2.45) is 7.05 Å². The number of hydrogen-bond donors (Lipinski definition) is 1. The fourth-order valence-electron chi connectivity index (χ4n) is 3.23. The van der Waals surface area contributed by atoms with Crippen molar-refractivity contribution in [3.63, 3.8) is 0 Å². The van der Waals surface area contributed by atoms with Crippen LogP contribution in [0.1, 0.15) is 0 Å². The molecule has 2 fully saturated rings. The first kappa shape index (κ1) is 12.2. The fraction of sp³-hybridized carbons (Fsp3) is 0.533. The minimum absolute atomic E-state index is 0.762. The molecule has 0 unspecified atom stereocenters. The molecule has 1 aromatic carbocycles. The van der Waals surface area contributed by atoms with Crippen LogP contribution in [0.4, 0.5) is 5.95 Å². The molecule has 0 radical (unpaired) electrons. The van der Waals surface area contributed by atoms with Gasteiger partial charge in [0.2, 0.25) is 5.95 Å². The Kier molecular flexibility index (Phi) is 2.89. The van der Waals surface area contributed by atoms with Crippen molar-refractivity contribution in [1.82, 2.24) is 19.8 Å². The molecule has 1 aromatic heterocycles. The third-order valence-electron chi connectivity index (χ3n) is 4.64. The predicted octanol–water partition coefficient (Wildman–Crippen LogP) is 0.667. The Morgan fingerprint density at radius 1 is 1.10 bits per heavy atom. The van der Waals surface area contributed by atoms with Crippen molar-refractivity contribution < 1.29 is 0 Å². The van der Waals surface area contributed by atoms with Gasteiger partial charge in [-0.05, 0) is 12.1 Å². The van der Waals surface area contributed by atoms with Gasteiger partial charge in [-0.1, -0.05) is 12.1 Å². The number of benzene rings is 1. The standard InChI is InChI=1S/C15H21N5/c1-18-14-5-3-2-4-13(14)17-15(18)20-8-6-19(7-9-20)12-10-16-11-12/h2-5,12,16H,6-11H2,1H3. The van der Waals surface area contributed by atoms with Crippen LogP contribution in [0.2, 0.25) is 0 Å². The largest absolute Gasteiger partial charge is 0.340 e. The van der Waals surface area contributed by atoms with Gasteiger partial charge >= 0.3 is 0 Å². The summed E-state index contributed by atoms with van der Waals surface area (Å²) >= 11 is 0. The van der Waals surface area contributed by atoms with Crippen LogP contribution in [0.15, 0.2) is 24.3 Å². The lowest BCUT2D eigenvalue weighted by atomic mass is 10.1. The van der Waals surface area contributed by atoms with Crippen molar-refractivity contribution in [2.45, 2.75) is 6.04 Å². The number of para-hydroxylation sites is 2. The lowest BCUT2D eigenvalue weighted by Gasteiger charge is -2.43. The van der Waals surface area contributed by atoms with E-state index >= 15 is 0 Å². The summed E-state index contributed by atoms with van der Waals surface area (Å²) in [4.78, 5) is 9.82. The zero-order valence-electron chi connectivity index (χ0n) is 11.9. The number of nitrogens with zero attached hydrogens (tertiary/aromatic N) is 4. The fourth-order valence-corrected chi connectivity index (χ4v) is 3.23. The normalized spacial score (nSPS) is 21.4. The van der Waals surface area contributed by atoms with E-state index in [1.165, 1.54) is 5.52 Å². The van der Waals surface area contributed by atoms with Crippen LogP contribution in [0.3, 0.4) is 0 Å². The molecule has 0 aliphatic carbocycles. The van der Waals surface area contributed by atoms with Gasteiger partial charge in [0, 0.05) is 52.4 Å². The summed E-state index contributed by atoms with van der Waals surface area (Å²) < 4.78 is 2.22. The van der Waals surface area contributed by atoms with Crippen molar-refractivity contribution >= 4 is 17.0 Å². The third kappa shape index (κ3) is 1.89. The molecule has 2 aromatic rings. The van der Waals surface area contributed by atoms with E-state index in [0.29, 0.717) is 0 Å². The molecular formula is C15H21N5. The molecule has 106 valence electrons. The molecule has 5 nitrogen and oxygen atoms in total. The Hall–Kier alpha value is -1.59. The molecule has 3 heterocycles. The summed E-state index contributed by atoms with van der Waals surface area (Å²) in [6.45, 7) is 6.77. The lowest BCUT2D eigenvalue weighted by molar-refractivity contribution is 0.137. The van der Waals surface area contributed by atoms with E-state index in [-0.39, 0.29) is 0 Å². The second-order valence-corrected chi connectivity index (χ2v) is 5.79. The molecule has 0 bridgehead atoms. The first-order chi connectivity index (χ1) is 9.83. The highest BCUT2D eigenvalue weighted by atomic mass is 15.4. The Balaban J connectivity index is 1.53. The van der Waals surface area contributed by atoms with Crippen LogP contribution in [0.5, 0.6) is 0 Å². The highest BCUT2D eigenvalue weighted by Gasteiger charge is 2.28. The average Bonchev–Trinajstić information content (AvgIpc) is 2.76. The second-order valence-electron chi connectivity index (χ2n) is 5.79. The number of fused-ring (bicyclic) bond motifs is 1. The molecule has 0 saturated carbocycles. The van der Waals surface area contributed by atoms with Crippen molar-refractivity contribution in [3.05, 3.63) is 24.3 Å². The molecule has 0 spiro atoms. The predicted molar refractivity (Wildman–Crippen MR) is 81.2 cm³/mol. The zero-order valence-corrected chi connectivity index (χ0v) is 11.9. The van der Waals surface area contributed by atoms with Crippen molar-refractivity contribution in [3.8, 4) is 0 Å². The minimum Gasteiger partial charge on any atom is -0.340 e. The Labute approximate surface area is 119 Å². The van der Waals surface area contributed by atoms with Crippen molar-refractivity contribution in [2.75, 3.05) is 44.2 Å². The third-order valence-corrected chi connectivity index (χ3v) is 4.64. The van der Waals surface area contributed by atoms with E-state index in [9.17, 15) is 0 Å². The van der Waals surface area contributed by atoms with Crippen LogP contribution < -0.4 is 10.2 Å². The second kappa shape index (κ2) is 4.75. The van der Waals surface area contributed by atoms with E-state index in [2.05, 4.69) is 51.0 Å². The SMILES string of the molecule is Cn1c(N2CCN(C3CNC3)CC2)nc2ccccc21. The maximum Gasteiger partial charge on any atom is 0.206 e. The van der Waals surface area contributed by atoms with Gasteiger partial charge in [-0.2, -0.15) is 0 Å². The van der Waals surface area contributed by atoms with Crippen LogP contribution in [-0.4, -0.2) is 59.8 Å². The van der Waals surface area contributed by atoms with Crippen LogP contribution in [-0.2, 0) is 7.05 Å². The summed E-state index contributed by atoms with van der Waals surface area (Å²) in [6.07, 6.45) is 0. The van der Waals surface area contributed by atoms with Gasteiger partial charge in [0.05, 0.1) is 11.0 Å². The first-order valence-corrected chi connectivity index (χ1v) is 7.44. The number of hydrogen-bond acceptors (Lipinski definition) is 4. The lowest BCUT2D eigenvalue weighted by Crippen LogP contribution is -2.61. The van der Waals surface area contributed by atoms with E-state index < -0.39 is 0 Å². The number of rotatable bonds is 2. The van der Waals surface area contributed by atoms with Gasteiger partial charge < -0.3 is 14.8 Å². The highest BCUT2D eigenvalue weighted by Crippen LogP contribution is 2.22. The Bertz CT molecular complexity index is 608. The minimum atomic E-state index is 0.762. The van der Waals surface area contributed by atoms with E-state index in [4.69, 9.17) is 4.98 Å². The van der Waals surface area contributed by atoms with E-state index in [1.54, 1.807) is 0 Å². The molecule has 0 amide bonds. The smallest absolute Gasteiger partial charge is 0.206 e. The van der Waals surface area contributed by atoms with Crippen molar-refractivity contribution in [1.29, 1.82) is 0 Å². The summed E-state index contributed by atoms with van der Waals surface area (Å²) in [5, 5.41) is 3.36. The molecule has 1 N–H and O–H groups in total.